The van der Waals surface area contributed by atoms with Crippen molar-refractivity contribution in [2.45, 2.75) is 32.6 Å². The fourth-order valence-corrected chi connectivity index (χ4v) is 6.04. The van der Waals surface area contributed by atoms with Gasteiger partial charge in [-0.15, -0.1) is 0 Å². The van der Waals surface area contributed by atoms with Crippen molar-refractivity contribution in [1.29, 1.82) is 0 Å². The second-order valence-electron chi connectivity index (χ2n) is 10.0. The summed E-state index contributed by atoms with van der Waals surface area (Å²) in [6.07, 6.45) is 7.84. The molecule has 2 fully saturated rings. The molecule has 2 aromatic carbocycles. The average Bonchev–Trinajstić information content (AvgIpc) is 3.49. The fourth-order valence-electron chi connectivity index (χ4n) is 5.87. The summed E-state index contributed by atoms with van der Waals surface area (Å²) >= 11 is 6.15. The van der Waals surface area contributed by atoms with Crippen LogP contribution in [0, 0.1) is 30.6 Å². The summed E-state index contributed by atoms with van der Waals surface area (Å²) in [6, 6.07) is 10.7. The minimum Gasteiger partial charge on any atom is -0.481 e. The third-order valence-corrected chi connectivity index (χ3v) is 7.94. The monoisotopic (exact) mass is 507 g/mol. The molecule has 2 bridgehead atoms. The number of carbonyl (C=O) groups is 3. The molecule has 1 saturated heterocycles. The van der Waals surface area contributed by atoms with E-state index in [4.69, 9.17) is 11.6 Å². The van der Waals surface area contributed by atoms with Crippen LogP contribution in [0.5, 0.6) is 0 Å². The molecule has 2 amide bonds. The van der Waals surface area contributed by atoms with E-state index < -0.39 is 17.8 Å². The summed E-state index contributed by atoms with van der Waals surface area (Å²) in [7, 11) is 0. The van der Waals surface area contributed by atoms with Crippen molar-refractivity contribution in [3.63, 3.8) is 0 Å². The average molecular weight is 508 g/mol. The number of aryl methyl sites for hydroxylation is 1. The van der Waals surface area contributed by atoms with Gasteiger partial charge in [-0.2, -0.15) is 0 Å². The molecule has 2 aliphatic carbocycles. The standard InChI is InChI=1S/C28H30ClN3O4/c1-16-5-8-19(29)14-22(16)31-26(33)21-15-20(9-10-23(21)32-11-3-2-4-12-32)30-27(34)24-17-6-7-18(13-17)25(24)28(35)36/h5-10,14-15,17-18,24-25H,2-4,11-13H2,1H3,(H,30,34)(H,31,33)(H,35,36). The number of carboxylic acids is 1. The number of piperidine rings is 1. The number of rotatable bonds is 6. The van der Waals surface area contributed by atoms with E-state index >= 15 is 0 Å². The third kappa shape index (κ3) is 4.72. The van der Waals surface area contributed by atoms with Gasteiger partial charge in [-0.3, -0.25) is 14.4 Å². The minimum absolute atomic E-state index is 0.0719. The number of carbonyl (C=O) groups excluding carboxylic acids is 2. The van der Waals surface area contributed by atoms with Crippen molar-refractivity contribution in [3.8, 4) is 0 Å². The van der Waals surface area contributed by atoms with Crippen LogP contribution in [-0.4, -0.2) is 36.0 Å². The maximum Gasteiger partial charge on any atom is 0.307 e. The molecule has 2 aromatic rings. The number of allylic oxidation sites excluding steroid dienone is 2. The van der Waals surface area contributed by atoms with Crippen LogP contribution in [0.4, 0.5) is 17.1 Å². The third-order valence-electron chi connectivity index (χ3n) is 7.70. The normalized spacial score (nSPS) is 24.6. The number of fused-ring (bicyclic) bond motifs is 2. The van der Waals surface area contributed by atoms with E-state index in [-0.39, 0.29) is 23.7 Å². The van der Waals surface area contributed by atoms with Crippen molar-refractivity contribution in [2.75, 3.05) is 28.6 Å². The van der Waals surface area contributed by atoms with Gasteiger partial charge >= 0.3 is 5.97 Å². The summed E-state index contributed by atoms with van der Waals surface area (Å²) < 4.78 is 0. The summed E-state index contributed by atoms with van der Waals surface area (Å²) in [5, 5.41) is 16.1. The zero-order valence-corrected chi connectivity index (χ0v) is 20.9. The molecule has 7 nitrogen and oxygen atoms in total. The second-order valence-corrected chi connectivity index (χ2v) is 10.5. The minimum atomic E-state index is -0.940. The largest absolute Gasteiger partial charge is 0.481 e. The van der Waals surface area contributed by atoms with Gasteiger partial charge in [-0.05, 0) is 80.3 Å². The summed E-state index contributed by atoms with van der Waals surface area (Å²) in [5.41, 5.74) is 3.27. The van der Waals surface area contributed by atoms with Gasteiger partial charge in [0.05, 0.1) is 17.4 Å². The van der Waals surface area contributed by atoms with Crippen molar-refractivity contribution < 1.29 is 19.5 Å². The van der Waals surface area contributed by atoms with Crippen molar-refractivity contribution >= 4 is 46.4 Å². The van der Waals surface area contributed by atoms with E-state index in [0.717, 1.165) is 43.6 Å². The predicted octanol–water partition coefficient (Wildman–Crippen LogP) is 5.35. The smallest absolute Gasteiger partial charge is 0.307 e. The summed E-state index contributed by atoms with van der Waals surface area (Å²) in [4.78, 5) is 40.8. The predicted molar refractivity (Wildman–Crippen MR) is 141 cm³/mol. The molecule has 3 N–H and O–H groups in total. The molecule has 1 heterocycles. The van der Waals surface area contributed by atoms with Crippen LogP contribution in [0.25, 0.3) is 0 Å². The number of carboxylic acid groups (broad SMARTS) is 1. The van der Waals surface area contributed by atoms with Gasteiger partial charge in [0, 0.05) is 35.2 Å². The second kappa shape index (κ2) is 9.97. The van der Waals surface area contributed by atoms with Crippen LogP contribution in [-0.2, 0) is 9.59 Å². The van der Waals surface area contributed by atoms with Crippen molar-refractivity contribution in [1.82, 2.24) is 0 Å². The first kappa shape index (κ1) is 24.4. The topological polar surface area (TPSA) is 98.7 Å². The van der Waals surface area contributed by atoms with Crippen LogP contribution in [0.2, 0.25) is 5.02 Å². The number of nitrogens with zero attached hydrogens (tertiary/aromatic N) is 1. The maximum absolute atomic E-state index is 13.5. The SMILES string of the molecule is Cc1ccc(Cl)cc1NC(=O)c1cc(NC(=O)C2C3C=CC(C3)C2C(=O)O)ccc1N1CCCCC1. The molecule has 0 radical (unpaired) electrons. The highest BCUT2D eigenvalue weighted by atomic mass is 35.5. The Bertz CT molecular complexity index is 1240. The molecular weight excluding hydrogens is 478 g/mol. The molecule has 5 rings (SSSR count). The van der Waals surface area contributed by atoms with Gasteiger partial charge in [0.1, 0.15) is 0 Å². The van der Waals surface area contributed by atoms with Gasteiger partial charge in [0.25, 0.3) is 5.91 Å². The fraction of sp³-hybridized carbons (Fsp3) is 0.393. The molecule has 1 aliphatic heterocycles. The Hall–Kier alpha value is -3.32. The Kier molecular flexibility index (Phi) is 6.75. The quantitative estimate of drug-likeness (QED) is 0.458. The zero-order chi connectivity index (χ0) is 25.4. The van der Waals surface area contributed by atoms with Crippen LogP contribution < -0.4 is 15.5 Å². The Morgan fingerprint density at radius 2 is 1.67 bits per heavy atom. The molecule has 3 aliphatic rings. The van der Waals surface area contributed by atoms with E-state index in [9.17, 15) is 19.5 Å². The molecule has 8 heteroatoms. The molecule has 36 heavy (non-hydrogen) atoms. The lowest BCUT2D eigenvalue weighted by Gasteiger charge is -2.31. The summed E-state index contributed by atoms with van der Waals surface area (Å²) in [6.45, 7) is 3.62. The molecule has 4 atom stereocenters. The van der Waals surface area contributed by atoms with Gasteiger partial charge < -0.3 is 20.6 Å². The zero-order valence-electron chi connectivity index (χ0n) is 20.2. The van der Waals surface area contributed by atoms with Gasteiger partial charge in [0.2, 0.25) is 5.91 Å². The van der Waals surface area contributed by atoms with Crippen LogP contribution in [0.1, 0.15) is 41.6 Å². The van der Waals surface area contributed by atoms with E-state index in [1.807, 2.05) is 31.2 Å². The van der Waals surface area contributed by atoms with Crippen molar-refractivity contribution in [2.24, 2.45) is 23.7 Å². The molecule has 188 valence electrons. The number of aliphatic carboxylic acids is 1. The van der Waals surface area contributed by atoms with Crippen LogP contribution in [0.3, 0.4) is 0 Å². The highest BCUT2D eigenvalue weighted by Crippen LogP contribution is 2.48. The lowest BCUT2D eigenvalue weighted by atomic mass is 9.82. The molecule has 1 saturated carbocycles. The Labute approximate surface area is 215 Å². The van der Waals surface area contributed by atoms with Crippen LogP contribution in [0.15, 0.2) is 48.6 Å². The molecule has 0 aromatic heterocycles. The number of hydrogen-bond donors (Lipinski definition) is 3. The van der Waals surface area contributed by atoms with Crippen molar-refractivity contribution in [3.05, 3.63) is 64.7 Å². The van der Waals surface area contributed by atoms with E-state index in [1.54, 1.807) is 24.3 Å². The Morgan fingerprint density at radius 3 is 2.39 bits per heavy atom. The first-order chi connectivity index (χ1) is 17.3. The number of anilines is 3. The molecule has 4 unspecified atom stereocenters. The Morgan fingerprint density at radius 1 is 0.944 bits per heavy atom. The van der Waals surface area contributed by atoms with Crippen LogP contribution >= 0.6 is 11.6 Å². The first-order valence-electron chi connectivity index (χ1n) is 12.5. The van der Waals surface area contributed by atoms with E-state index in [0.29, 0.717) is 28.4 Å². The van der Waals surface area contributed by atoms with E-state index in [1.165, 1.54) is 0 Å². The number of amides is 2. The number of halogens is 1. The number of benzene rings is 2. The lowest BCUT2D eigenvalue weighted by molar-refractivity contribution is -0.146. The van der Waals surface area contributed by atoms with E-state index in [2.05, 4.69) is 15.5 Å². The number of nitrogens with one attached hydrogen (secondary N) is 2. The highest BCUT2D eigenvalue weighted by molar-refractivity contribution is 6.31. The maximum atomic E-state index is 13.5. The summed E-state index contributed by atoms with van der Waals surface area (Å²) in [5.74, 6) is -3.06. The Balaban J connectivity index is 1.43. The van der Waals surface area contributed by atoms with Gasteiger partial charge in [-0.25, -0.2) is 0 Å². The van der Waals surface area contributed by atoms with Gasteiger partial charge in [-0.1, -0.05) is 29.8 Å². The first-order valence-corrected chi connectivity index (χ1v) is 12.9. The number of hydrogen-bond acceptors (Lipinski definition) is 4. The molecule has 0 spiro atoms. The lowest BCUT2D eigenvalue weighted by Crippen LogP contribution is -2.36. The highest BCUT2D eigenvalue weighted by Gasteiger charge is 2.51. The molecular formula is C28H30ClN3O4. The van der Waals surface area contributed by atoms with Gasteiger partial charge in [0.15, 0.2) is 0 Å².